The van der Waals surface area contributed by atoms with E-state index in [2.05, 4.69) is 17.2 Å². The van der Waals surface area contributed by atoms with Crippen molar-refractivity contribution in [1.29, 1.82) is 0 Å². The Morgan fingerprint density at radius 1 is 1.23 bits per heavy atom. The quantitative estimate of drug-likeness (QED) is 0.411. The second-order valence-electron chi connectivity index (χ2n) is 7.49. The van der Waals surface area contributed by atoms with Crippen LogP contribution in [0.1, 0.15) is 71.1 Å². The van der Waals surface area contributed by atoms with Gasteiger partial charge >= 0.3 is 0 Å². The number of guanidine groups is 1. The molecule has 1 aliphatic heterocycles. The van der Waals surface area contributed by atoms with Crippen molar-refractivity contribution >= 4 is 5.96 Å². The molecule has 0 aromatic rings. The number of aliphatic imine (C=N–C) groups is 1. The zero-order valence-corrected chi connectivity index (χ0v) is 14.2. The first kappa shape index (κ1) is 16.1. The van der Waals surface area contributed by atoms with Crippen LogP contribution < -0.4 is 11.1 Å². The van der Waals surface area contributed by atoms with Crippen molar-refractivity contribution in [3.8, 4) is 0 Å². The highest BCUT2D eigenvalue weighted by atomic mass is 16.5. The highest BCUT2D eigenvalue weighted by Crippen LogP contribution is 2.62. The molecule has 126 valence electrons. The van der Waals surface area contributed by atoms with Gasteiger partial charge in [-0.15, -0.1) is 0 Å². The number of nitrogens with two attached hydrogens (primary N) is 1. The predicted octanol–water partition coefficient (Wildman–Crippen LogP) is 3.21. The van der Waals surface area contributed by atoms with Gasteiger partial charge in [0.15, 0.2) is 5.96 Å². The predicted molar refractivity (Wildman–Crippen MR) is 90.9 cm³/mol. The molecule has 3 atom stereocenters. The number of unbranched alkanes of at least 4 members (excludes halogenated alkanes) is 5. The largest absolute Gasteiger partial charge is 0.377 e. The lowest BCUT2D eigenvalue weighted by atomic mass is 9.46. The summed E-state index contributed by atoms with van der Waals surface area (Å²) >= 11 is 0. The average molecular weight is 307 g/mol. The first-order chi connectivity index (χ1) is 10.8. The van der Waals surface area contributed by atoms with Crippen molar-refractivity contribution < 1.29 is 4.74 Å². The molecule has 0 aromatic heterocycles. The number of rotatable bonds is 8. The van der Waals surface area contributed by atoms with Crippen molar-refractivity contribution in [3.63, 3.8) is 0 Å². The molecular weight excluding hydrogens is 274 g/mol. The molecule has 22 heavy (non-hydrogen) atoms. The Morgan fingerprint density at radius 3 is 2.73 bits per heavy atom. The average Bonchev–Trinajstić information content (AvgIpc) is 2.87. The minimum atomic E-state index is 0.390. The van der Waals surface area contributed by atoms with E-state index in [0.29, 0.717) is 29.4 Å². The summed E-state index contributed by atoms with van der Waals surface area (Å²) in [4.78, 5) is 4.54. The van der Waals surface area contributed by atoms with Gasteiger partial charge in [0.05, 0.1) is 6.10 Å². The summed E-state index contributed by atoms with van der Waals surface area (Å²) in [7, 11) is 0. The van der Waals surface area contributed by atoms with E-state index in [4.69, 9.17) is 10.5 Å². The van der Waals surface area contributed by atoms with Gasteiger partial charge in [-0.3, -0.25) is 4.99 Å². The van der Waals surface area contributed by atoms with Crippen LogP contribution in [0.5, 0.6) is 0 Å². The summed E-state index contributed by atoms with van der Waals surface area (Å²) in [6.07, 6.45) is 13.5. The van der Waals surface area contributed by atoms with E-state index in [9.17, 15) is 0 Å². The zero-order valence-electron chi connectivity index (χ0n) is 14.2. The van der Waals surface area contributed by atoms with Crippen LogP contribution in [-0.4, -0.2) is 31.3 Å². The molecule has 3 N–H and O–H groups in total. The lowest BCUT2D eigenvalue weighted by Crippen LogP contribution is -2.72. The number of hydrogen-bond acceptors (Lipinski definition) is 2. The molecule has 0 radical (unpaired) electrons. The van der Waals surface area contributed by atoms with Crippen LogP contribution in [0.25, 0.3) is 0 Å². The van der Waals surface area contributed by atoms with Gasteiger partial charge in [0.1, 0.15) is 0 Å². The van der Waals surface area contributed by atoms with Gasteiger partial charge in [-0.2, -0.15) is 0 Å². The molecular formula is C18H33N3O. The van der Waals surface area contributed by atoms with Gasteiger partial charge in [0.2, 0.25) is 0 Å². The molecule has 3 rings (SSSR count). The zero-order chi connectivity index (χ0) is 15.4. The fourth-order valence-electron chi connectivity index (χ4n) is 4.75. The van der Waals surface area contributed by atoms with E-state index in [1.807, 2.05) is 0 Å². The van der Waals surface area contributed by atoms with Crippen LogP contribution in [0.2, 0.25) is 0 Å². The Kier molecular flexibility index (Phi) is 5.27. The molecule has 0 bridgehead atoms. The Hall–Kier alpha value is -0.770. The Morgan fingerprint density at radius 2 is 2.00 bits per heavy atom. The fourth-order valence-corrected chi connectivity index (χ4v) is 4.75. The molecule has 0 amide bonds. The van der Waals surface area contributed by atoms with Gasteiger partial charge in [-0.05, 0) is 25.7 Å². The van der Waals surface area contributed by atoms with E-state index in [1.165, 1.54) is 57.8 Å². The van der Waals surface area contributed by atoms with E-state index in [0.717, 1.165) is 19.6 Å². The summed E-state index contributed by atoms with van der Waals surface area (Å²) in [5.74, 6) is 1.33. The van der Waals surface area contributed by atoms with E-state index in [1.54, 1.807) is 0 Å². The fraction of sp³-hybridized carbons (Fsp3) is 0.944. The maximum atomic E-state index is 6.13. The summed E-state index contributed by atoms with van der Waals surface area (Å²) < 4.78 is 5.95. The van der Waals surface area contributed by atoms with Crippen LogP contribution in [-0.2, 0) is 4.74 Å². The molecule has 3 unspecified atom stereocenters. The van der Waals surface area contributed by atoms with Gasteiger partial charge in [0, 0.05) is 30.5 Å². The smallest absolute Gasteiger partial charge is 0.188 e. The first-order valence-electron chi connectivity index (χ1n) is 9.46. The third kappa shape index (κ3) is 2.99. The molecule has 0 aromatic carbocycles. The highest BCUT2D eigenvalue weighted by Gasteiger charge is 2.66. The van der Waals surface area contributed by atoms with E-state index in [-0.39, 0.29) is 0 Å². The number of fused-ring (bicyclic) bond motifs is 2. The van der Waals surface area contributed by atoms with Crippen molar-refractivity contribution in [2.45, 2.75) is 83.3 Å². The van der Waals surface area contributed by atoms with Crippen LogP contribution in [0.3, 0.4) is 0 Å². The van der Waals surface area contributed by atoms with E-state index >= 15 is 0 Å². The summed E-state index contributed by atoms with van der Waals surface area (Å²) in [6, 6.07) is 0.516. The van der Waals surface area contributed by atoms with Gasteiger partial charge < -0.3 is 15.8 Å². The van der Waals surface area contributed by atoms with Gasteiger partial charge in [-0.25, -0.2) is 0 Å². The second-order valence-corrected chi connectivity index (χ2v) is 7.49. The molecule has 3 fully saturated rings. The summed E-state index contributed by atoms with van der Waals surface area (Å²) in [5.41, 5.74) is 6.52. The number of ether oxygens (including phenoxy) is 1. The highest BCUT2D eigenvalue weighted by molar-refractivity contribution is 5.78. The van der Waals surface area contributed by atoms with Crippen molar-refractivity contribution in [1.82, 2.24) is 5.32 Å². The third-order valence-electron chi connectivity index (χ3n) is 6.13. The molecule has 1 saturated heterocycles. The van der Waals surface area contributed by atoms with E-state index < -0.39 is 0 Å². The van der Waals surface area contributed by atoms with Gasteiger partial charge in [-0.1, -0.05) is 45.4 Å². The normalized spacial score (nSPS) is 32.4. The molecule has 4 heteroatoms. The van der Waals surface area contributed by atoms with Crippen LogP contribution >= 0.6 is 0 Å². The first-order valence-corrected chi connectivity index (χ1v) is 9.46. The number of hydrogen-bond donors (Lipinski definition) is 2. The molecule has 4 nitrogen and oxygen atoms in total. The Bertz CT molecular complexity index is 392. The Labute approximate surface area is 135 Å². The molecule has 1 spiro atoms. The lowest BCUT2D eigenvalue weighted by Gasteiger charge is -2.63. The summed E-state index contributed by atoms with van der Waals surface area (Å²) in [6.45, 7) is 4.06. The molecule has 1 heterocycles. The van der Waals surface area contributed by atoms with Crippen LogP contribution in [0, 0.1) is 11.3 Å². The standard InChI is InChI=1S/C18H33N3O/c1-2-3-4-5-6-7-12-20-17(19)21-15-14-9-13-22-16(14)18(15)10-8-11-18/h14-16H,2-13H2,1H3,(H3,19,20,21). The molecule has 3 aliphatic rings. The maximum Gasteiger partial charge on any atom is 0.188 e. The minimum absolute atomic E-state index is 0.390. The number of nitrogens with one attached hydrogen (secondary N) is 1. The molecule has 2 aliphatic carbocycles. The Balaban J connectivity index is 1.38. The molecule has 2 saturated carbocycles. The SMILES string of the molecule is CCCCCCCCN=C(N)NC1C2CCOC2C12CCC2. The topological polar surface area (TPSA) is 59.6 Å². The van der Waals surface area contributed by atoms with Crippen molar-refractivity contribution in [3.05, 3.63) is 0 Å². The monoisotopic (exact) mass is 307 g/mol. The number of nitrogens with zero attached hydrogens (tertiary/aromatic N) is 1. The lowest BCUT2D eigenvalue weighted by molar-refractivity contribution is -0.171. The maximum absolute atomic E-state index is 6.13. The minimum Gasteiger partial charge on any atom is -0.377 e. The van der Waals surface area contributed by atoms with Crippen LogP contribution in [0.4, 0.5) is 0 Å². The van der Waals surface area contributed by atoms with Crippen molar-refractivity contribution in [2.24, 2.45) is 22.1 Å². The van der Waals surface area contributed by atoms with Gasteiger partial charge in [0.25, 0.3) is 0 Å². The van der Waals surface area contributed by atoms with Crippen LogP contribution in [0.15, 0.2) is 4.99 Å². The second kappa shape index (κ2) is 7.20. The van der Waals surface area contributed by atoms with Crippen molar-refractivity contribution in [2.75, 3.05) is 13.2 Å². The third-order valence-corrected chi connectivity index (χ3v) is 6.13. The summed E-state index contributed by atoms with van der Waals surface area (Å²) in [5, 5.41) is 3.54.